The van der Waals surface area contributed by atoms with Crippen LogP contribution in [0.3, 0.4) is 0 Å². The summed E-state index contributed by atoms with van der Waals surface area (Å²) in [5.41, 5.74) is 5.13. The molecule has 0 saturated carbocycles. The van der Waals surface area contributed by atoms with E-state index in [9.17, 15) is 18.5 Å². The molecule has 0 bridgehead atoms. The van der Waals surface area contributed by atoms with Gasteiger partial charge >= 0.3 is 5.69 Å². The minimum absolute atomic E-state index is 0.0937. The summed E-state index contributed by atoms with van der Waals surface area (Å²) in [5.74, 6) is 0.662. The Morgan fingerprint density at radius 3 is 2.60 bits per heavy atom. The third kappa shape index (κ3) is 3.43. The Morgan fingerprint density at radius 1 is 1.60 bits per heavy atom. The van der Waals surface area contributed by atoms with Gasteiger partial charge in [0.25, 0.3) is 10.0 Å². The fourth-order valence-electron chi connectivity index (χ4n) is 1.65. The Kier molecular flexibility index (Phi) is 5.80. The highest BCUT2D eigenvalue weighted by atomic mass is 32.2. The number of nitrogens with zero attached hydrogens (tertiary/aromatic N) is 2. The second-order valence-corrected chi connectivity index (χ2v) is 8.33. The van der Waals surface area contributed by atoms with E-state index >= 15 is 0 Å². The van der Waals surface area contributed by atoms with Crippen LogP contribution >= 0.6 is 23.1 Å². The molecule has 1 aromatic rings. The van der Waals surface area contributed by atoms with Crippen LogP contribution in [0, 0.1) is 10.1 Å². The molecule has 0 amide bonds. The summed E-state index contributed by atoms with van der Waals surface area (Å²) < 4.78 is 26.1. The molecule has 0 saturated heterocycles. The minimum Gasteiger partial charge on any atom is -0.385 e. The molecule has 114 valence electrons. The Hall–Kier alpha value is -0.840. The maximum absolute atomic E-state index is 12.4. The van der Waals surface area contributed by atoms with E-state index < -0.39 is 14.9 Å². The first-order valence-corrected chi connectivity index (χ1v) is 9.41. The van der Waals surface area contributed by atoms with Crippen LogP contribution in [-0.2, 0) is 10.0 Å². The normalized spacial score (nSPS) is 13.6. The van der Waals surface area contributed by atoms with Crippen LogP contribution in [0.2, 0.25) is 0 Å². The van der Waals surface area contributed by atoms with Gasteiger partial charge in [0.2, 0.25) is 0 Å². The fourth-order valence-corrected chi connectivity index (χ4v) is 5.42. The smallest absolute Gasteiger partial charge is 0.304 e. The third-order valence-electron chi connectivity index (χ3n) is 2.89. The third-order valence-corrected chi connectivity index (χ3v) is 6.92. The summed E-state index contributed by atoms with van der Waals surface area (Å²) >= 11 is 2.28. The Balaban J connectivity index is 3.16. The number of sulfonamides is 1. The SMILES string of the molecule is CCC(CSC)N(C)S(=O)(=O)c1cc([N+](=O)[O-])c(N)s1. The van der Waals surface area contributed by atoms with Crippen molar-refractivity contribution in [3.63, 3.8) is 0 Å². The lowest BCUT2D eigenvalue weighted by atomic mass is 10.3. The van der Waals surface area contributed by atoms with Gasteiger partial charge in [-0.1, -0.05) is 18.3 Å². The molecule has 10 heteroatoms. The van der Waals surface area contributed by atoms with Gasteiger partial charge < -0.3 is 5.73 Å². The van der Waals surface area contributed by atoms with E-state index in [1.807, 2.05) is 13.2 Å². The van der Waals surface area contributed by atoms with Gasteiger partial charge in [-0.25, -0.2) is 8.42 Å². The zero-order valence-corrected chi connectivity index (χ0v) is 13.8. The topological polar surface area (TPSA) is 107 Å². The van der Waals surface area contributed by atoms with Crippen molar-refractivity contribution in [1.29, 1.82) is 0 Å². The van der Waals surface area contributed by atoms with E-state index in [0.717, 1.165) is 17.4 Å². The molecule has 0 aromatic carbocycles. The van der Waals surface area contributed by atoms with Gasteiger partial charge in [0, 0.05) is 24.9 Å². The molecular weight excluding hydrogens is 322 g/mol. The molecule has 1 atom stereocenters. The quantitative estimate of drug-likeness (QED) is 0.601. The molecule has 0 fully saturated rings. The molecule has 0 aliphatic rings. The number of rotatable bonds is 7. The zero-order chi connectivity index (χ0) is 15.5. The van der Waals surface area contributed by atoms with Crippen molar-refractivity contribution in [2.45, 2.75) is 23.6 Å². The molecule has 0 aliphatic heterocycles. The van der Waals surface area contributed by atoms with Gasteiger partial charge in [-0.05, 0) is 12.7 Å². The molecule has 1 unspecified atom stereocenters. The molecular formula is C10H17N3O4S3. The number of nitro groups is 1. The lowest BCUT2D eigenvalue weighted by Gasteiger charge is -2.25. The first-order chi connectivity index (χ1) is 9.25. The first-order valence-electron chi connectivity index (χ1n) is 5.76. The number of thioether (sulfide) groups is 1. The van der Waals surface area contributed by atoms with Gasteiger partial charge in [0.15, 0.2) is 5.00 Å². The van der Waals surface area contributed by atoms with Crippen LogP contribution in [0.25, 0.3) is 0 Å². The maximum Gasteiger partial charge on any atom is 0.304 e. The van der Waals surface area contributed by atoms with Crippen molar-refractivity contribution in [3.8, 4) is 0 Å². The summed E-state index contributed by atoms with van der Waals surface area (Å²) in [5, 5.41) is 10.6. The highest BCUT2D eigenvalue weighted by Gasteiger charge is 2.31. The molecule has 20 heavy (non-hydrogen) atoms. The van der Waals surface area contributed by atoms with E-state index in [1.54, 1.807) is 11.8 Å². The van der Waals surface area contributed by atoms with Gasteiger partial charge in [0.05, 0.1) is 4.92 Å². The molecule has 7 nitrogen and oxygen atoms in total. The van der Waals surface area contributed by atoms with Crippen molar-refractivity contribution in [1.82, 2.24) is 4.31 Å². The van der Waals surface area contributed by atoms with Gasteiger partial charge in [-0.15, -0.1) is 0 Å². The molecule has 0 radical (unpaired) electrons. The average molecular weight is 339 g/mol. The predicted octanol–water partition coefficient (Wildman–Crippen LogP) is 2.00. The van der Waals surface area contributed by atoms with Gasteiger partial charge in [-0.3, -0.25) is 10.1 Å². The van der Waals surface area contributed by atoms with Crippen molar-refractivity contribution in [2.75, 3.05) is 24.8 Å². The Labute approximate surface area is 126 Å². The number of nitrogens with two attached hydrogens (primary N) is 1. The molecule has 1 aromatic heterocycles. The molecule has 0 aliphatic carbocycles. The zero-order valence-electron chi connectivity index (χ0n) is 11.4. The maximum atomic E-state index is 12.4. The van der Waals surface area contributed by atoms with Crippen LogP contribution in [0.5, 0.6) is 0 Å². The lowest BCUT2D eigenvalue weighted by Crippen LogP contribution is -2.37. The summed E-state index contributed by atoms with van der Waals surface area (Å²) in [6.45, 7) is 1.90. The Bertz CT molecular complexity index is 585. The van der Waals surface area contributed by atoms with Gasteiger partial charge in [0.1, 0.15) is 4.21 Å². The number of hydrogen-bond acceptors (Lipinski definition) is 7. The summed E-state index contributed by atoms with van der Waals surface area (Å²) in [7, 11) is -2.27. The van der Waals surface area contributed by atoms with E-state index in [2.05, 4.69) is 0 Å². The highest BCUT2D eigenvalue weighted by Crippen LogP contribution is 2.36. The van der Waals surface area contributed by atoms with Crippen molar-refractivity contribution < 1.29 is 13.3 Å². The monoisotopic (exact) mass is 339 g/mol. The van der Waals surface area contributed by atoms with Crippen LogP contribution < -0.4 is 5.73 Å². The van der Waals surface area contributed by atoms with Crippen molar-refractivity contribution >= 4 is 43.8 Å². The second-order valence-electron chi connectivity index (χ2n) is 4.11. The molecule has 0 spiro atoms. The summed E-state index contributed by atoms with van der Waals surface area (Å²) in [6, 6.07) is 0.870. The number of nitrogen functional groups attached to an aromatic ring is 1. The number of anilines is 1. The van der Waals surface area contributed by atoms with Gasteiger partial charge in [-0.2, -0.15) is 16.1 Å². The van der Waals surface area contributed by atoms with Crippen molar-refractivity contribution in [3.05, 3.63) is 16.2 Å². The lowest BCUT2D eigenvalue weighted by molar-refractivity contribution is -0.383. The molecule has 1 heterocycles. The fraction of sp³-hybridized carbons (Fsp3) is 0.600. The van der Waals surface area contributed by atoms with E-state index in [4.69, 9.17) is 5.73 Å². The standard InChI is InChI=1S/C10H17N3O4S3/c1-4-7(6-18-3)12(2)20(16,17)9-5-8(13(14)15)10(11)19-9/h5,7H,4,6,11H2,1-3H3. The van der Waals surface area contributed by atoms with E-state index in [1.165, 1.54) is 11.4 Å². The van der Waals surface area contributed by atoms with Crippen molar-refractivity contribution in [2.24, 2.45) is 0 Å². The largest absolute Gasteiger partial charge is 0.385 e. The Morgan fingerprint density at radius 2 is 2.20 bits per heavy atom. The minimum atomic E-state index is -3.75. The van der Waals surface area contributed by atoms with Crippen LogP contribution in [0.15, 0.2) is 10.3 Å². The highest BCUT2D eigenvalue weighted by molar-refractivity contribution is 7.98. The van der Waals surface area contributed by atoms with Crippen LogP contribution in [0.1, 0.15) is 13.3 Å². The first kappa shape index (κ1) is 17.2. The summed E-state index contributed by atoms with van der Waals surface area (Å²) in [6.07, 6.45) is 2.57. The molecule has 2 N–H and O–H groups in total. The average Bonchev–Trinajstić information content (AvgIpc) is 2.78. The van der Waals surface area contributed by atoms with Crippen LogP contribution in [-0.4, -0.2) is 42.7 Å². The van der Waals surface area contributed by atoms with E-state index in [0.29, 0.717) is 12.2 Å². The second kappa shape index (κ2) is 6.74. The number of thiophene rings is 1. The van der Waals surface area contributed by atoms with Crippen LogP contribution in [0.4, 0.5) is 10.7 Å². The predicted molar refractivity (Wildman–Crippen MR) is 82.8 cm³/mol. The van der Waals surface area contributed by atoms with E-state index in [-0.39, 0.29) is 20.9 Å². The molecule has 1 rings (SSSR count). The number of hydrogen-bond donors (Lipinski definition) is 1. The summed E-state index contributed by atoms with van der Waals surface area (Å²) in [4.78, 5) is 10.1.